The van der Waals surface area contributed by atoms with Crippen LogP contribution in [0.1, 0.15) is 10.4 Å². The van der Waals surface area contributed by atoms with E-state index in [1.807, 2.05) is 12.1 Å². The van der Waals surface area contributed by atoms with Crippen molar-refractivity contribution in [2.45, 2.75) is 17.1 Å². The lowest BCUT2D eigenvalue weighted by Gasteiger charge is -2.04. The maximum Gasteiger partial charge on any atom is 0.250 e. The molecular weight excluding hydrogens is 296 g/mol. The number of hydrogen-bond donors (Lipinski definition) is 2. The van der Waals surface area contributed by atoms with Crippen molar-refractivity contribution < 1.29 is 13.5 Å². The molecule has 108 valence electrons. The summed E-state index contributed by atoms with van der Waals surface area (Å²) in [5, 5.41) is 8.83. The van der Waals surface area contributed by atoms with Crippen LogP contribution < -0.4 is 4.72 Å². The van der Waals surface area contributed by atoms with E-state index in [-0.39, 0.29) is 10.8 Å². The molecule has 0 aliphatic heterocycles. The molecule has 0 aliphatic rings. The molecule has 0 atom stereocenters. The zero-order valence-electron chi connectivity index (χ0n) is 10.8. The Balaban J connectivity index is 1.93. The van der Waals surface area contributed by atoms with Gasteiger partial charge in [0.05, 0.1) is 0 Å². The second-order valence-corrected chi connectivity index (χ2v) is 7.37. The normalized spacial score (nSPS) is 11.7. The lowest BCUT2D eigenvalue weighted by atomic mass is 10.2. The molecule has 0 aromatic carbocycles. The number of thiophene rings is 1. The van der Waals surface area contributed by atoms with E-state index in [9.17, 15) is 8.42 Å². The molecule has 0 bridgehead atoms. The first-order valence-electron chi connectivity index (χ1n) is 6.20. The van der Waals surface area contributed by atoms with Crippen LogP contribution in [0.25, 0.3) is 0 Å². The summed E-state index contributed by atoms with van der Waals surface area (Å²) < 4.78 is 27.0. The Morgan fingerprint density at radius 3 is 2.80 bits per heavy atom. The number of hydrogen-bond acceptors (Lipinski definition) is 5. The van der Waals surface area contributed by atoms with Gasteiger partial charge in [-0.05, 0) is 30.2 Å². The van der Waals surface area contributed by atoms with E-state index in [2.05, 4.69) is 9.71 Å². The van der Waals surface area contributed by atoms with Crippen LogP contribution in [0, 0.1) is 0 Å². The van der Waals surface area contributed by atoms with E-state index in [4.69, 9.17) is 5.11 Å². The third kappa shape index (κ3) is 4.11. The lowest BCUT2D eigenvalue weighted by molar-refractivity contribution is 0.300. The number of rotatable bonds is 7. The van der Waals surface area contributed by atoms with Gasteiger partial charge in [-0.15, -0.1) is 11.3 Å². The standard InChI is InChI=1S/C13H16N2O3S2/c16-9-6-12-3-4-13(19-12)20(17,18)15-8-5-11-2-1-7-14-10-11/h1-4,7,10,15-16H,5-6,8-9H2. The van der Waals surface area contributed by atoms with Crippen molar-refractivity contribution in [3.8, 4) is 0 Å². The Morgan fingerprint density at radius 1 is 1.25 bits per heavy atom. The predicted octanol–water partition coefficient (Wildman–Crippen LogP) is 1.20. The Hall–Kier alpha value is -1.28. The minimum atomic E-state index is -3.46. The SMILES string of the molecule is O=S(=O)(NCCc1cccnc1)c1ccc(CCO)s1. The summed E-state index contributed by atoms with van der Waals surface area (Å²) in [6.07, 6.45) is 4.48. The largest absolute Gasteiger partial charge is 0.396 e. The summed E-state index contributed by atoms with van der Waals surface area (Å²) in [4.78, 5) is 4.84. The maximum absolute atomic E-state index is 12.1. The van der Waals surface area contributed by atoms with Crippen LogP contribution in [0.5, 0.6) is 0 Å². The Bertz CT molecular complexity index is 639. The Labute approximate surface area is 122 Å². The zero-order valence-corrected chi connectivity index (χ0v) is 12.5. The molecule has 0 amide bonds. The number of aromatic nitrogens is 1. The summed E-state index contributed by atoms with van der Waals surface area (Å²) in [6, 6.07) is 7.04. The molecule has 0 unspecified atom stereocenters. The summed E-state index contributed by atoms with van der Waals surface area (Å²) in [7, 11) is -3.46. The highest BCUT2D eigenvalue weighted by Crippen LogP contribution is 2.21. The van der Waals surface area contributed by atoms with Crippen molar-refractivity contribution in [2.24, 2.45) is 0 Å². The summed E-state index contributed by atoms with van der Waals surface area (Å²) in [6.45, 7) is 0.357. The van der Waals surface area contributed by atoms with E-state index in [0.29, 0.717) is 19.4 Å². The van der Waals surface area contributed by atoms with Crippen LogP contribution >= 0.6 is 11.3 Å². The van der Waals surface area contributed by atoms with E-state index >= 15 is 0 Å². The predicted molar refractivity (Wildman–Crippen MR) is 78.2 cm³/mol. The van der Waals surface area contributed by atoms with Crippen LogP contribution in [-0.4, -0.2) is 31.7 Å². The Kier molecular flexibility index (Phi) is 5.24. The van der Waals surface area contributed by atoms with Gasteiger partial charge < -0.3 is 5.11 Å². The molecule has 2 aromatic rings. The second kappa shape index (κ2) is 6.94. The van der Waals surface area contributed by atoms with Crippen molar-refractivity contribution in [1.82, 2.24) is 9.71 Å². The van der Waals surface area contributed by atoms with Gasteiger partial charge in [0, 0.05) is 36.8 Å². The first-order chi connectivity index (χ1) is 9.62. The zero-order chi connectivity index (χ0) is 14.4. The molecule has 0 radical (unpaired) electrons. The number of nitrogens with zero attached hydrogens (tertiary/aromatic N) is 1. The summed E-state index contributed by atoms with van der Waals surface area (Å²) >= 11 is 1.19. The average Bonchev–Trinajstić information content (AvgIpc) is 2.90. The fraction of sp³-hybridized carbons (Fsp3) is 0.308. The van der Waals surface area contributed by atoms with Crippen molar-refractivity contribution in [1.29, 1.82) is 0 Å². The molecule has 2 rings (SSSR count). The van der Waals surface area contributed by atoms with E-state index in [1.165, 1.54) is 11.3 Å². The lowest BCUT2D eigenvalue weighted by Crippen LogP contribution is -2.25. The Morgan fingerprint density at radius 2 is 2.10 bits per heavy atom. The van der Waals surface area contributed by atoms with Crippen molar-refractivity contribution >= 4 is 21.4 Å². The molecule has 5 nitrogen and oxygen atoms in total. The molecule has 0 saturated carbocycles. The van der Waals surface area contributed by atoms with Gasteiger partial charge in [0.15, 0.2) is 0 Å². The first-order valence-corrected chi connectivity index (χ1v) is 8.50. The van der Waals surface area contributed by atoms with Crippen molar-refractivity contribution in [2.75, 3.05) is 13.2 Å². The van der Waals surface area contributed by atoms with Crippen LogP contribution in [0.4, 0.5) is 0 Å². The third-order valence-electron chi connectivity index (χ3n) is 2.69. The number of aliphatic hydroxyl groups excluding tert-OH is 1. The summed E-state index contributed by atoms with van der Waals surface area (Å²) in [5.74, 6) is 0. The van der Waals surface area contributed by atoms with E-state index in [0.717, 1.165) is 10.4 Å². The van der Waals surface area contributed by atoms with Crippen LogP contribution in [0.15, 0.2) is 40.9 Å². The van der Waals surface area contributed by atoms with Crippen LogP contribution in [0.3, 0.4) is 0 Å². The van der Waals surface area contributed by atoms with Gasteiger partial charge in [-0.3, -0.25) is 4.98 Å². The molecule has 7 heteroatoms. The van der Waals surface area contributed by atoms with Gasteiger partial charge in [-0.2, -0.15) is 0 Å². The molecule has 2 N–H and O–H groups in total. The number of nitrogens with one attached hydrogen (secondary N) is 1. The topological polar surface area (TPSA) is 79.3 Å². The smallest absolute Gasteiger partial charge is 0.250 e. The molecule has 0 fully saturated rings. The van der Waals surface area contributed by atoms with Crippen LogP contribution in [-0.2, 0) is 22.9 Å². The summed E-state index contributed by atoms with van der Waals surface area (Å²) in [5.41, 5.74) is 0.988. The molecular formula is C13H16N2O3S2. The maximum atomic E-state index is 12.1. The number of pyridine rings is 1. The van der Waals surface area contributed by atoms with Crippen molar-refractivity contribution in [3.05, 3.63) is 47.1 Å². The first kappa shape index (κ1) is 15.1. The van der Waals surface area contributed by atoms with Gasteiger partial charge in [0.1, 0.15) is 4.21 Å². The minimum absolute atomic E-state index is 0.0223. The molecule has 0 aliphatic carbocycles. The quantitative estimate of drug-likeness (QED) is 0.805. The molecule has 20 heavy (non-hydrogen) atoms. The van der Waals surface area contributed by atoms with E-state index in [1.54, 1.807) is 24.5 Å². The van der Waals surface area contributed by atoms with E-state index < -0.39 is 10.0 Å². The average molecular weight is 312 g/mol. The molecule has 2 heterocycles. The molecule has 2 aromatic heterocycles. The van der Waals surface area contributed by atoms with Gasteiger partial charge in [0.2, 0.25) is 10.0 Å². The highest BCUT2D eigenvalue weighted by atomic mass is 32.2. The highest BCUT2D eigenvalue weighted by molar-refractivity contribution is 7.91. The van der Waals surface area contributed by atoms with Gasteiger partial charge in [0.25, 0.3) is 0 Å². The monoisotopic (exact) mass is 312 g/mol. The van der Waals surface area contributed by atoms with Gasteiger partial charge in [-0.1, -0.05) is 6.07 Å². The third-order valence-corrected chi connectivity index (χ3v) is 5.79. The highest BCUT2D eigenvalue weighted by Gasteiger charge is 2.16. The molecule has 0 spiro atoms. The van der Waals surface area contributed by atoms with Gasteiger partial charge in [-0.25, -0.2) is 13.1 Å². The molecule has 0 saturated heterocycles. The van der Waals surface area contributed by atoms with Crippen molar-refractivity contribution in [3.63, 3.8) is 0 Å². The van der Waals surface area contributed by atoms with Gasteiger partial charge >= 0.3 is 0 Å². The fourth-order valence-corrected chi connectivity index (χ4v) is 4.11. The fourth-order valence-electron chi connectivity index (χ4n) is 1.69. The minimum Gasteiger partial charge on any atom is -0.396 e. The number of sulfonamides is 1. The number of aliphatic hydroxyl groups is 1. The van der Waals surface area contributed by atoms with Crippen LogP contribution in [0.2, 0.25) is 0 Å². The second-order valence-electron chi connectivity index (χ2n) is 4.20.